The summed E-state index contributed by atoms with van der Waals surface area (Å²) in [7, 11) is 0. The molecule has 1 aromatic rings. The largest absolute Gasteiger partial charge is 0.483 e. The van der Waals surface area contributed by atoms with Crippen LogP contribution < -0.4 is 16.0 Å². The maximum Gasteiger partial charge on any atom is 0.312 e. The van der Waals surface area contributed by atoms with Crippen molar-refractivity contribution in [3.63, 3.8) is 0 Å². The number of nitrogens with two attached hydrogens (primary N) is 1. The van der Waals surface area contributed by atoms with E-state index in [4.69, 9.17) is 15.3 Å². The van der Waals surface area contributed by atoms with Crippen molar-refractivity contribution in [1.29, 1.82) is 0 Å². The van der Waals surface area contributed by atoms with Crippen molar-refractivity contribution >= 4 is 27.5 Å². The normalized spacial score (nSPS) is 21.0. The molecular formula is C12H14BrN3O5. The van der Waals surface area contributed by atoms with Crippen LogP contribution in [0.3, 0.4) is 0 Å². The SMILES string of the molecule is NNC(=O)C1CCC(COc2c(Br)cccc2[N+](=O)[O-])O1. The summed E-state index contributed by atoms with van der Waals surface area (Å²) in [5.41, 5.74) is 1.91. The van der Waals surface area contributed by atoms with Crippen LogP contribution in [0.25, 0.3) is 0 Å². The lowest BCUT2D eigenvalue weighted by Gasteiger charge is -2.14. The van der Waals surface area contributed by atoms with Crippen LogP contribution in [0.4, 0.5) is 5.69 Å². The van der Waals surface area contributed by atoms with Crippen molar-refractivity contribution in [1.82, 2.24) is 5.43 Å². The number of hydrazine groups is 1. The standard InChI is InChI=1S/C12H14BrN3O5/c13-8-2-1-3-9(16(18)19)11(8)20-6-7-4-5-10(21-7)12(17)15-14/h1-3,7,10H,4-6,14H2,(H,15,17). The van der Waals surface area contributed by atoms with Gasteiger partial charge in [0, 0.05) is 6.07 Å². The van der Waals surface area contributed by atoms with Crippen LogP contribution in [0.2, 0.25) is 0 Å². The number of carbonyl (C=O) groups excluding carboxylic acids is 1. The summed E-state index contributed by atoms with van der Waals surface area (Å²) in [6, 6.07) is 4.57. The molecule has 2 unspecified atom stereocenters. The fourth-order valence-electron chi connectivity index (χ4n) is 2.07. The van der Waals surface area contributed by atoms with Gasteiger partial charge in [0.2, 0.25) is 5.75 Å². The molecule has 21 heavy (non-hydrogen) atoms. The summed E-state index contributed by atoms with van der Waals surface area (Å²) in [6.45, 7) is 0.123. The van der Waals surface area contributed by atoms with Gasteiger partial charge < -0.3 is 9.47 Å². The molecule has 0 saturated carbocycles. The van der Waals surface area contributed by atoms with Gasteiger partial charge in [0.05, 0.1) is 15.5 Å². The van der Waals surface area contributed by atoms with E-state index < -0.39 is 11.0 Å². The lowest BCUT2D eigenvalue weighted by Crippen LogP contribution is -2.39. The van der Waals surface area contributed by atoms with Gasteiger partial charge in [0.15, 0.2) is 0 Å². The van der Waals surface area contributed by atoms with Gasteiger partial charge in [-0.2, -0.15) is 0 Å². The first-order chi connectivity index (χ1) is 10.0. The van der Waals surface area contributed by atoms with Crippen molar-refractivity contribution in [3.05, 3.63) is 32.8 Å². The molecule has 114 valence electrons. The minimum Gasteiger partial charge on any atom is -0.483 e. The van der Waals surface area contributed by atoms with Gasteiger partial charge >= 0.3 is 5.69 Å². The molecule has 9 heteroatoms. The Hall–Kier alpha value is -1.71. The smallest absolute Gasteiger partial charge is 0.312 e. The highest BCUT2D eigenvalue weighted by Gasteiger charge is 2.31. The number of ether oxygens (including phenoxy) is 2. The second kappa shape index (κ2) is 6.83. The van der Waals surface area contributed by atoms with Crippen molar-refractivity contribution in [3.8, 4) is 5.75 Å². The highest BCUT2D eigenvalue weighted by molar-refractivity contribution is 9.10. The number of hydrogen-bond donors (Lipinski definition) is 2. The summed E-state index contributed by atoms with van der Waals surface area (Å²) in [4.78, 5) is 21.8. The van der Waals surface area contributed by atoms with Gasteiger partial charge in [0.25, 0.3) is 5.91 Å². The number of rotatable bonds is 5. The van der Waals surface area contributed by atoms with E-state index in [1.807, 2.05) is 5.43 Å². The molecule has 0 radical (unpaired) electrons. The number of nitro groups is 1. The molecule has 1 aliphatic heterocycles. The van der Waals surface area contributed by atoms with Gasteiger partial charge in [-0.25, -0.2) is 5.84 Å². The third-order valence-corrected chi connectivity index (χ3v) is 3.72. The average Bonchev–Trinajstić information content (AvgIpc) is 2.93. The molecule has 1 fully saturated rings. The second-order valence-electron chi connectivity index (χ2n) is 4.49. The average molecular weight is 360 g/mol. The van der Waals surface area contributed by atoms with Crippen LogP contribution in [0.5, 0.6) is 5.75 Å². The number of amides is 1. The Morgan fingerprint density at radius 1 is 1.57 bits per heavy atom. The molecule has 0 aliphatic carbocycles. The monoisotopic (exact) mass is 359 g/mol. The summed E-state index contributed by atoms with van der Waals surface area (Å²) < 4.78 is 11.5. The second-order valence-corrected chi connectivity index (χ2v) is 5.34. The Kier molecular flexibility index (Phi) is 5.10. The molecule has 3 N–H and O–H groups in total. The quantitative estimate of drug-likeness (QED) is 0.354. The highest BCUT2D eigenvalue weighted by atomic mass is 79.9. The molecule has 2 rings (SSSR count). The molecular weight excluding hydrogens is 346 g/mol. The minimum absolute atomic E-state index is 0.123. The molecule has 2 atom stereocenters. The highest BCUT2D eigenvalue weighted by Crippen LogP contribution is 2.35. The third-order valence-electron chi connectivity index (χ3n) is 3.10. The molecule has 1 amide bonds. The molecule has 1 aromatic carbocycles. The zero-order chi connectivity index (χ0) is 15.4. The molecule has 0 bridgehead atoms. The lowest BCUT2D eigenvalue weighted by atomic mass is 10.2. The van der Waals surface area contributed by atoms with E-state index in [9.17, 15) is 14.9 Å². The predicted octanol–water partition coefficient (Wildman–Crippen LogP) is 1.27. The Labute approximate surface area is 128 Å². The van der Waals surface area contributed by atoms with E-state index in [0.717, 1.165) is 0 Å². The van der Waals surface area contributed by atoms with Crippen LogP contribution in [0.1, 0.15) is 12.8 Å². The van der Waals surface area contributed by atoms with Gasteiger partial charge in [-0.1, -0.05) is 6.07 Å². The van der Waals surface area contributed by atoms with Crippen molar-refractivity contribution in [2.45, 2.75) is 25.0 Å². The van der Waals surface area contributed by atoms with Crippen LogP contribution in [0, 0.1) is 10.1 Å². The van der Waals surface area contributed by atoms with E-state index in [1.165, 1.54) is 6.07 Å². The zero-order valence-corrected chi connectivity index (χ0v) is 12.5. The first-order valence-corrected chi connectivity index (χ1v) is 7.04. The summed E-state index contributed by atoms with van der Waals surface area (Å²) in [5.74, 6) is 4.81. The molecule has 0 spiro atoms. The summed E-state index contributed by atoms with van der Waals surface area (Å²) in [6.07, 6.45) is 0.252. The fourth-order valence-corrected chi connectivity index (χ4v) is 2.54. The number of benzene rings is 1. The Balaban J connectivity index is 1.98. The van der Waals surface area contributed by atoms with Crippen LogP contribution in [-0.2, 0) is 9.53 Å². The molecule has 1 saturated heterocycles. The van der Waals surface area contributed by atoms with E-state index in [0.29, 0.717) is 17.3 Å². The molecule has 0 aromatic heterocycles. The van der Waals surface area contributed by atoms with E-state index in [-0.39, 0.29) is 30.1 Å². The maximum atomic E-state index is 11.3. The maximum absolute atomic E-state index is 11.3. The topological polar surface area (TPSA) is 117 Å². The van der Waals surface area contributed by atoms with E-state index >= 15 is 0 Å². The number of carbonyl (C=O) groups is 1. The van der Waals surface area contributed by atoms with Crippen molar-refractivity contribution in [2.24, 2.45) is 5.84 Å². The van der Waals surface area contributed by atoms with Gasteiger partial charge in [0.1, 0.15) is 12.7 Å². The number of nitrogens with zero attached hydrogens (tertiary/aromatic N) is 1. The summed E-state index contributed by atoms with van der Waals surface area (Å²) in [5, 5.41) is 11.0. The van der Waals surface area contributed by atoms with E-state index in [1.54, 1.807) is 12.1 Å². The molecule has 8 nitrogen and oxygen atoms in total. The first kappa shape index (κ1) is 15.7. The lowest BCUT2D eigenvalue weighted by molar-refractivity contribution is -0.386. The Morgan fingerprint density at radius 3 is 3.00 bits per heavy atom. The molecule has 1 aliphatic rings. The van der Waals surface area contributed by atoms with Crippen molar-refractivity contribution < 1.29 is 19.2 Å². The Morgan fingerprint density at radius 2 is 2.33 bits per heavy atom. The number of hydrogen-bond acceptors (Lipinski definition) is 6. The third kappa shape index (κ3) is 3.69. The predicted molar refractivity (Wildman–Crippen MR) is 76.5 cm³/mol. The van der Waals surface area contributed by atoms with E-state index in [2.05, 4.69) is 15.9 Å². The number of nitrogens with one attached hydrogen (secondary N) is 1. The van der Waals surface area contributed by atoms with Crippen LogP contribution in [-0.4, -0.2) is 29.6 Å². The summed E-state index contributed by atoms with van der Waals surface area (Å²) >= 11 is 3.22. The minimum atomic E-state index is -0.599. The molecule has 1 heterocycles. The Bertz CT molecular complexity index is 554. The van der Waals surface area contributed by atoms with Crippen LogP contribution in [0.15, 0.2) is 22.7 Å². The van der Waals surface area contributed by atoms with Crippen molar-refractivity contribution in [2.75, 3.05) is 6.61 Å². The number of nitro benzene ring substituents is 1. The van der Waals surface area contributed by atoms with Crippen LogP contribution >= 0.6 is 15.9 Å². The first-order valence-electron chi connectivity index (χ1n) is 6.24. The fraction of sp³-hybridized carbons (Fsp3) is 0.417. The number of para-hydroxylation sites is 1. The number of halogens is 1. The van der Waals surface area contributed by atoms with Gasteiger partial charge in [-0.15, -0.1) is 0 Å². The van der Waals surface area contributed by atoms with Gasteiger partial charge in [-0.05, 0) is 34.8 Å². The zero-order valence-electron chi connectivity index (χ0n) is 11.0. The van der Waals surface area contributed by atoms with Gasteiger partial charge in [-0.3, -0.25) is 20.3 Å².